The molecule has 10 heteroatoms. The molecule has 194 valence electrons. The van der Waals surface area contributed by atoms with Crippen molar-refractivity contribution in [2.45, 2.75) is 67.3 Å². The van der Waals surface area contributed by atoms with Crippen LogP contribution in [0.5, 0.6) is 0 Å². The second kappa shape index (κ2) is 8.65. The number of hydrogen-bond acceptors (Lipinski definition) is 6. The van der Waals surface area contributed by atoms with E-state index in [1.165, 1.54) is 32.5 Å². The van der Waals surface area contributed by atoms with E-state index in [-0.39, 0.29) is 26.7 Å². The molecule has 1 aromatic carbocycles. The molecule has 2 aliphatic rings. The number of ether oxygens (including phenoxy) is 1. The van der Waals surface area contributed by atoms with Gasteiger partial charge in [0.05, 0.1) is 33.0 Å². The molecule has 1 atom stereocenters. The van der Waals surface area contributed by atoms with Gasteiger partial charge in [0.15, 0.2) is 0 Å². The molecule has 1 aliphatic heterocycles. The molecule has 3 aromatic rings. The second-order valence-corrected chi connectivity index (χ2v) is 15.1. The average molecular weight is 531 g/mol. The summed E-state index contributed by atoms with van der Waals surface area (Å²) >= 11 is 0. The number of benzene rings is 1. The van der Waals surface area contributed by atoms with Gasteiger partial charge in [0.2, 0.25) is 0 Å². The molecule has 1 aliphatic carbocycles. The molecule has 1 saturated heterocycles. The van der Waals surface area contributed by atoms with Crippen LogP contribution in [0.3, 0.4) is 0 Å². The van der Waals surface area contributed by atoms with Crippen LogP contribution < -0.4 is 0 Å². The van der Waals surface area contributed by atoms with Crippen LogP contribution in [0.15, 0.2) is 58.6 Å². The number of nitrogens with zero attached hydrogens (tertiary/aromatic N) is 3. The van der Waals surface area contributed by atoms with Gasteiger partial charge in [0.25, 0.3) is 10.0 Å². The number of hydrogen-bond donors (Lipinski definition) is 1. The van der Waals surface area contributed by atoms with Crippen molar-refractivity contribution in [2.75, 3.05) is 20.7 Å². The first-order chi connectivity index (χ1) is 16.8. The quantitative estimate of drug-likeness (QED) is 0.500. The number of fused-ring (bicyclic) bond motifs is 1. The van der Waals surface area contributed by atoms with E-state index >= 15 is 0 Å². The summed E-state index contributed by atoms with van der Waals surface area (Å²) in [5.74, 6) is 0.239. The maximum atomic E-state index is 13.7. The Kier molecular flexibility index (Phi) is 6.10. The van der Waals surface area contributed by atoms with Gasteiger partial charge < -0.3 is 4.74 Å². The minimum atomic E-state index is -3.91. The molecular weight excluding hydrogens is 496 g/mol. The topological polar surface area (TPSA) is 105 Å². The lowest BCUT2D eigenvalue weighted by Gasteiger charge is -2.36. The predicted octanol–water partition coefficient (Wildman–Crippen LogP) is 5.00. The van der Waals surface area contributed by atoms with Crippen LogP contribution in [0.25, 0.3) is 11.0 Å². The van der Waals surface area contributed by atoms with Gasteiger partial charge in [0.1, 0.15) is 9.92 Å². The third kappa shape index (κ3) is 4.27. The smallest absolute Gasteiger partial charge is 0.268 e. The highest BCUT2D eigenvalue weighted by Gasteiger charge is 2.46. The molecule has 2 aromatic heterocycles. The SMILES string of the molecule is CN(C)S(=N)(=O)c1ccc(S(=O)(=O)n2cc([C@H]3CC[C@]4(CC3)COC(C)(C)C4)c3ncccc32)cc1. The van der Waals surface area contributed by atoms with Crippen molar-refractivity contribution >= 4 is 31.0 Å². The summed E-state index contributed by atoms with van der Waals surface area (Å²) in [6, 6.07) is 9.31. The standard InChI is InChI=1S/C26H34N4O4S2/c1-25(2)17-26(18-34-25)13-11-19(12-14-26)22-16-30(23-6-5-15-28-24(22)23)36(32,33)21-9-7-20(8-10-21)35(27,31)29(3)4/h5-10,15-16,19,27H,11-14,17-18H2,1-4H3/t19-,26+,35?. The van der Waals surface area contributed by atoms with E-state index < -0.39 is 19.9 Å². The largest absolute Gasteiger partial charge is 0.375 e. The van der Waals surface area contributed by atoms with Crippen molar-refractivity contribution in [3.63, 3.8) is 0 Å². The van der Waals surface area contributed by atoms with Crippen LogP contribution in [0.1, 0.15) is 57.4 Å². The van der Waals surface area contributed by atoms with E-state index in [4.69, 9.17) is 9.52 Å². The molecule has 1 N–H and O–H groups in total. The first-order valence-electron chi connectivity index (χ1n) is 12.3. The normalized spacial score (nSPS) is 26.0. The number of nitrogens with one attached hydrogen (secondary N) is 1. The van der Waals surface area contributed by atoms with Crippen molar-refractivity contribution in [3.8, 4) is 0 Å². The van der Waals surface area contributed by atoms with Crippen LogP contribution in [-0.4, -0.2) is 52.2 Å². The summed E-state index contributed by atoms with van der Waals surface area (Å²) in [5.41, 5.74) is 2.40. The van der Waals surface area contributed by atoms with Gasteiger partial charge in [-0.05, 0) is 93.7 Å². The molecule has 5 rings (SSSR count). The van der Waals surface area contributed by atoms with Crippen LogP contribution in [0.2, 0.25) is 0 Å². The molecule has 1 saturated carbocycles. The lowest BCUT2D eigenvalue weighted by molar-refractivity contribution is 0.0281. The van der Waals surface area contributed by atoms with E-state index in [1.807, 2.05) is 0 Å². The monoisotopic (exact) mass is 530 g/mol. The molecule has 36 heavy (non-hydrogen) atoms. The minimum absolute atomic E-state index is 0.0756. The Labute approximate surface area is 213 Å². The van der Waals surface area contributed by atoms with Gasteiger partial charge in [-0.3, -0.25) is 4.98 Å². The third-order valence-electron chi connectivity index (χ3n) is 7.82. The highest BCUT2D eigenvalue weighted by Crippen LogP contribution is 2.52. The first kappa shape index (κ1) is 25.4. The van der Waals surface area contributed by atoms with Crippen molar-refractivity contribution < 1.29 is 17.4 Å². The molecule has 8 nitrogen and oxygen atoms in total. The Balaban J connectivity index is 1.48. The Morgan fingerprint density at radius 3 is 2.28 bits per heavy atom. The summed E-state index contributed by atoms with van der Waals surface area (Å²) in [6.45, 7) is 5.12. The predicted molar refractivity (Wildman–Crippen MR) is 140 cm³/mol. The van der Waals surface area contributed by atoms with E-state index in [0.717, 1.165) is 49.8 Å². The zero-order valence-corrected chi connectivity index (χ0v) is 22.9. The van der Waals surface area contributed by atoms with Gasteiger partial charge in [-0.25, -0.2) is 25.7 Å². The molecule has 2 fully saturated rings. The number of aromatic nitrogens is 2. The third-order valence-corrected chi connectivity index (χ3v) is 11.5. The summed E-state index contributed by atoms with van der Waals surface area (Å²) in [6.07, 6.45) is 8.60. The van der Waals surface area contributed by atoms with Crippen molar-refractivity contribution in [1.82, 2.24) is 13.3 Å². The summed E-state index contributed by atoms with van der Waals surface area (Å²) in [7, 11) is -3.94. The van der Waals surface area contributed by atoms with Crippen LogP contribution in [-0.2, 0) is 24.7 Å². The van der Waals surface area contributed by atoms with Gasteiger partial charge in [-0.1, -0.05) is 0 Å². The maximum Gasteiger partial charge on any atom is 0.268 e. The highest BCUT2D eigenvalue weighted by atomic mass is 32.2. The van der Waals surface area contributed by atoms with Gasteiger partial charge in [0, 0.05) is 32.1 Å². The zero-order valence-electron chi connectivity index (χ0n) is 21.2. The van der Waals surface area contributed by atoms with Gasteiger partial charge in [-0.15, -0.1) is 0 Å². The molecular formula is C26H34N4O4S2. The molecule has 0 radical (unpaired) electrons. The fraction of sp³-hybridized carbons (Fsp3) is 0.500. The fourth-order valence-corrected chi connectivity index (χ4v) is 8.18. The summed E-state index contributed by atoms with van der Waals surface area (Å²) in [4.78, 5) is 4.93. The Morgan fingerprint density at radius 1 is 1.06 bits per heavy atom. The van der Waals surface area contributed by atoms with Crippen LogP contribution in [0, 0.1) is 10.2 Å². The molecule has 1 unspecified atom stereocenters. The summed E-state index contributed by atoms with van der Waals surface area (Å²) in [5, 5.41) is 0. The minimum Gasteiger partial charge on any atom is -0.375 e. The second-order valence-electron chi connectivity index (χ2n) is 11.1. The fourth-order valence-electron chi connectivity index (χ4n) is 5.89. The maximum absolute atomic E-state index is 13.7. The average Bonchev–Trinajstić information content (AvgIpc) is 3.37. The Bertz CT molecular complexity index is 1500. The van der Waals surface area contributed by atoms with Gasteiger partial charge >= 0.3 is 0 Å². The summed E-state index contributed by atoms with van der Waals surface area (Å²) < 4.78 is 56.8. The zero-order chi connectivity index (χ0) is 25.9. The van der Waals surface area contributed by atoms with Crippen LogP contribution in [0.4, 0.5) is 0 Å². The Morgan fingerprint density at radius 2 is 1.69 bits per heavy atom. The number of pyridine rings is 1. The van der Waals surface area contributed by atoms with E-state index in [0.29, 0.717) is 5.52 Å². The van der Waals surface area contributed by atoms with E-state index in [9.17, 15) is 12.6 Å². The lowest BCUT2D eigenvalue weighted by Crippen LogP contribution is -2.28. The molecule has 0 bridgehead atoms. The van der Waals surface area contributed by atoms with E-state index in [2.05, 4.69) is 18.8 Å². The molecule has 0 amide bonds. The number of rotatable bonds is 5. The van der Waals surface area contributed by atoms with Crippen molar-refractivity contribution in [2.24, 2.45) is 5.41 Å². The molecule has 3 heterocycles. The molecule has 1 spiro atoms. The Hall–Kier alpha value is -2.27. The van der Waals surface area contributed by atoms with Gasteiger partial charge in [-0.2, -0.15) is 0 Å². The van der Waals surface area contributed by atoms with E-state index in [1.54, 1.807) is 38.6 Å². The van der Waals surface area contributed by atoms with Crippen LogP contribution >= 0.6 is 0 Å². The lowest BCUT2D eigenvalue weighted by atomic mass is 9.67. The highest BCUT2D eigenvalue weighted by molar-refractivity contribution is 7.90. The van der Waals surface area contributed by atoms with Crippen molar-refractivity contribution in [3.05, 3.63) is 54.4 Å². The van der Waals surface area contributed by atoms with Crippen molar-refractivity contribution in [1.29, 1.82) is 4.78 Å². The first-order valence-corrected chi connectivity index (χ1v) is 15.2.